The van der Waals surface area contributed by atoms with Gasteiger partial charge in [-0.15, -0.1) is 0 Å². The van der Waals surface area contributed by atoms with Crippen LogP contribution in [0.2, 0.25) is 0 Å². The van der Waals surface area contributed by atoms with Crippen LogP contribution in [0.5, 0.6) is 0 Å². The number of carbonyl (C=O) groups is 2. The van der Waals surface area contributed by atoms with Gasteiger partial charge < -0.3 is 19.3 Å². The maximum atomic E-state index is 11.5. The van der Waals surface area contributed by atoms with Gasteiger partial charge in [0.2, 0.25) is 0 Å². The highest BCUT2D eigenvalue weighted by molar-refractivity contribution is 5.95. The molecule has 1 saturated heterocycles. The first-order chi connectivity index (χ1) is 8.01. The quantitative estimate of drug-likeness (QED) is 0.698. The first-order valence-corrected chi connectivity index (χ1v) is 5.51. The number of carboxylic acids is 1. The number of Topliss-reactive ketones (excluding diaryl/α,β-unsaturated/α-hetero) is 1. The zero-order chi connectivity index (χ0) is 12.9. The van der Waals surface area contributed by atoms with Gasteiger partial charge in [-0.2, -0.15) is 0 Å². The van der Waals surface area contributed by atoms with E-state index >= 15 is 0 Å². The van der Waals surface area contributed by atoms with Crippen LogP contribution in [0.1, 0.15) is 26.2 Å². The summed E-state index contributed by atoms with van der Waals surface area (Å²) >= 11 is 0. The Balaban J connectivity index is 2.53. The molecule has 0 bridgehead atoms. The Kier molecular flexibility index (Phi) is 5.04. The lowest BCUT2D eigenvalue weighted by Gasteiger charge is -2.38. The number of aliphatic carboxylic acids is 1. The molecule has 17 heavy (non-hydrogen) atoms. The molecule has 1 aliphatic heterocycles. The first kappa shape index (κ1) is 14.1. The Morgan fingerprint density at radius 3 is 2.41 bits per heavy atom. The fourth-order valence-corrected chi connectivity index (χ4v) is 1.80. The third-order valence-electron chi connectivity index (χ3n) is 2.91. The summed E-state index contributed by atoms with van der Waals surface area (Å²) in [4.78, 5) is 22.0. The largest absolute Gasteiger partial charge is 0.481 e. The Labute approximate surface area is 99.8 Å². The van der Waals surface area contributed by atoms with E-state index < -0.39 is 24.3 Å². The van der Waals surface area contributed by atoms with Gasteiger partial charge in [0.05, 0.1) is 13.2 Å². The second-order valence-corrected chi connectivity index (χ2v) is 4.29. The van der Waals surface area contributed by atoms with Crippen molar-refractivity contribution in [3.05, 3.63) is 0 Å². The van der Waals surface area contributed by atoms with Crippen molar-refractivity contribution in [2.75, 3.05) is 20.3 Å². The molecule has 0 aromatic rings. The van der Waals surface area contributed by atoms with Crippen molar-refractivity contribution in [3.8, 4) is 0 Å². The molecule has 0 aromatic heterocycles. The smallest absolute Gasteiger partial charge is 0.310 e. The minimum absolute atomic E-state index is 0.159. The molecule has 0 unspecified atom stereocenters. The average Bonchev–Trinajstić information content (AvgIpc) is 2.29. The summed E-state index contributed by atoms with van der Waals surface area (Å²) < 4.78 is 15.5. The van der Waals surface area contributed by atoms with Gasteiger partial charge in [0.1, 0.15) is 12.2 Å². The van der Waals surface area contributed by atoms with E-state index in [0.717, 1.165) is 0 Å². The molecule has 6 nitrogen and oxygen atoms in total. The van der Waals surface area contributed by atoms with Crippen LogP contribution in [0.3, 0.4) is 0 Å². The van der Waals surface area contributed by atoms with E-state index in [0.29, 0.717) is 19.6 Å². The summed E-state index contributed by atoms with van der Waals surface area (Å²) in [5.74, 6) is -1.41. The fourth-order valence-electron chi connectivity index (χ4n) is 1.80. The number of ether oxygens (including phenoxy) is 3. The molecule has 98 valence electrons. The second kappa shape index (κ2) is 6.09. The Morgan fingerprint density at radius 2 is 2.00 bits per heavy atom. The van der Waals surface area contributed by atoms with Crippen molar-refractivity contribution in [2.45, 2.75) is 32.7 Å². The monoisotopic (exact) mass is 246 g/mol. The molecule has 0 radical (unpaired) electrons. The highest BCUT2D eigenvalue weighted by Crippen LogP contribution is 2.32. The third kappa shape index (κ3) is 4.07. The average molecular weight is 246 g/mol. The summed E-state index contributed by atoms with van der Waals surface area (Å²) in [5.41, 5.74) is -0.429. The zero-order valence-corrected chi connectivity index (χ0v) is 10.1. The van der Waals surface area contributed by atoms with Crippen molar-refractivity contribution in [2.24, 2.45) is 5.41 Å². The van der Waals surface area contributed by atoms with Gasteiger partial charge in [-0.1, -0.05) is 6.92 Å². The molecule has 0 aromatic carbocycles. The van der Waals surface area contributed by atoms with Crippen LogP contribution in [0.15, 0.2) is 0 Å². The minimum atomic E-state index is -1.10. The number of hydrogen-bond donors (Lipinski definition) is 1. The summed E-state index contributed by atoms with van der Waals surface area (Å²) in [6, 6.07) is 0. The molecular formula is C11H18O6. The van der Waals surface area contributed by atoms with Gasteiger partial charge in [-0.25, -0.2) is 0 Å². The molecule has 0 saturated carbocycles. The van der Waals surface area contributed by atoms with E-state index in [4.69, 9.17) is 19.3 Å². The van der Waals surface area contributed by atoms with Gasteiger partial charge in [0, 0.05) is 18.9 Å². The number of ketones is 1. The van der Waals surface area contributed by atoms with Crippen molar-refractivity contribution < 1.29 is 28.9 Å². The summed E-state index contributed by atoms with van der Waals surface area (Å²) in [6.45, 7) is 1.92. The maximum absolute atomic E-state index is 11.5. The molecule has 1 aliphatic rings. The molecule has 1 heterocycles. The van der Waals surface area contributed by atoms with Crippen molar-refractivity contribution in [1.82, 2.24) is 0 Å². The maximum Gasteiger partial charge on any atom is 0.310 e. The lowest BCUT2D eigenvalue weighted by Crippen LogP contribution is -2.43. The summed E-state index contributed by atoms with van der Waals surface area (Å²) in [7, 11) is 1.47. The highest BCUT2D eigenvalue weighted by Gasteiger charge is 2.37. The van der Waals surface area contributed by atoms with Crippen LogP contribution < -0.4 is 0 Å². The Morgan fingerprint density at radius 1 is 1.41 bits per heavy atom. The van der Waals surface area contributed by atoms with E-state index in [1.54, 1.807) is 0 Å². The molecule has 0 atom stereocenters. The predicted molar refractivity (Wildman–Crippen MR) is 57.3 cm³/mol. The SMILES string of the molecule is CCC1(CC(=O)CC(=O)O)COC(OC)OC1. The van der Waals surface area contributed by atoms with E-state index in [2.05, 4.69) is 0 Å². The molecule has 0 amide bonds. The van der Waals surface area contributed by atoms with Crippen LogP contribution in [0, 0.1) is 5.41 Å². The molecule has 6 heteroatoms. The van der Waals surface area contributed by atoms with Crippen molar-refractivity contribution >= 4 is 11.8 Å². The van der Waals surface area contributed by atoms with Crippen molar-refractivity contribution in [1.29, 1.82) is 0 Å². The van der Waals surface area contributed by atoms with E-state index in [-0.39, 0.29) is 12.2 Å². The number of rotatable bonds is 6. The van der Waals surface area contributed by atoms with E-state index in [1.807, 2.05) is 6.92 Å². The molecule has 1 rings (SSSR count). The van der Waals surface area contributed by atoms with Crippen LogP contribution in [-0.4, -0.2) is 43.7 Å². The first-order valence-electron chi connectivity index (χ1n) is 5.51. The van der Waals surface area contributed by atoms with Crippen LogP contribution >= 0.6 is 0 Å². The standard InChI is InChI=1S/C11H18O6/c1-3-11(5-8(12)4-9(13)14)6-16-10(15-2)17-7-11/h10H,3-7H2,1-2H3,(H,13,14). The molecule has 1 N–H and O–H groups in total. The van der Waals surface area contributed by atoms with E-state index in [9.17, 15) is 9.59 Å². The number of carboxylic acid groups (broad SMARTS) is 1. The summed E-state index contributed by atoms with van der Waals surface area (Å²) in [6.07, 6.45) is 0.399. The predicted octanol–water partition coefficient (Wildman–Crippen LogP) is 0.793. The van der Waals surface area contributed by atoms with Gasteiger partial charge in [-0.05, 0) is 6.42 Å². The number of hydrogen-bond acceptors (Lipinski definition) is 5. The molecule has 0 spiro atoms. The normalized spacial score (nSPS) is 28.9. The van der Waals surface area contributed by atoms with Crippen LogP contribution in [0.25, 0.3) is 0 Å². The number of carbonyl (C=O) groups excluding carboxylic acids is 1. The lowest BCUT2D eigenvalue weighted by molar-refractivity contribution is -0.330. The van der Waals surface area contributed by atoms with Crippen LogP contribution in [-0.2, 0) is 23.8 Å². The molecular weight excluding hydrogens is 228 g/mol. The van der Waals surface area contributed by atoms with Gasteiger partial charge in [-0.3, -0.25) is 9.59 Å². The highest BCUT2D eigenvalue weighted by atomic mass is 16.8. The molecule has 0 aliphatic carbocycles. The topological polar surface area (TPSA) is 82.1 Å². The summed E-state index contributed by atoms with van der Waals surface area (Å²) in [5, 5.41) is 8.55. The zero-order valence-electron chi connectivity index (χ0n) is 10.1. The third-order valence-corrected chi connectivity index (χ3v) is 2.91. The second-order valence-electron chi connectivity index (χ2n) is 4.29. The Hall–Kier alpha value is -0.980. The van der Waals surface area contributed by atoms with Crippen LogP contribution in [0.4, 0.5) is 0 Å². The van der Waals surface area contributed by atoms with Crippen molar-refractivity contribution in [3.63, 3.8) is 0 Å². The molecule has 1 fully saturated rings. The Bertz CT molecular complexity index is 280. The van der Waals surface area contributed by atoms with Gasteiger partial charge in [0.15, 0.2) is 0 Å². The van der Waals surface area contributed by atoms with Gasteiger partial charge >= 0.3 is 5.97 Å². The van der Waals surface area contributed by atoms with E-state index in [1.165, 1.54) is 7.11 Å². The lowest BCUT2D eigenvalue weighted by atomic mass is 9.81. The van der Waals surface area contributed by atoms with Gasteiger partial charge in [0.25, 0.3) is 6.48 Å². The fraction of sp³-hybridized carbons (Fsp3) is 0.818. The number of methoxy groups -OCH3 is 1. The minimum Gasteiger partial charge on any atom is -0.481 e.